The average molecular weight is 393 g/mol. The van der Waals surface area contributed by atoms with Gasteiger partial charge in [0, 0.05) is 22.6 Å². The van der Waals surface area contributed by atoms with Gasteiger partial charge in [-0.15, -0.1) is 0 Å². The Balaban J connectivity index is 1.95. The summed E-state index contributed by atoms with van der Waals surface area (Å²) in [6, 6.07) is 40.4. The Morgan fingerprint density at radius 3 is 1.23 bits per heavy atom. The fourth-order valence-corrected chi connectivity index (χ4v) is 3.89. The van der Waals surface area contributed by atoms with Crippen LogP contribution in [0.4, 0.5) is 28.4 Å². The summed E-state index contributed by atoms with van der Waals surface area (Å²) in [4.78, 5) is 4.75. The van der Waals surface area contributed by atoms with E-state index in [1.807, 2.05) is 0 Å². The number of benzene rings is 4. The van der Waals surface area contributed by atoms with Gasteiger partial charge in [-0.1, -0.05) is 66.7 Å². The molecule has 2 heteroatoms. The van der Waals surface area contributed by atoms with Crippen molar-refractivity contribution >= 4 is 28.4 Å². The highest BCUT2D eigenvalue weighted by molar-refractivity contribution is 5.87. The lowest BCUT2D eigenvalue weighted by molar-refractivity contribution is 0.560. The van der Waals surface area contributed by atoms with Crippen molar-refractivity contribution in [2.45, 2.75) is 26.3 Å². The molecular formula is C28H28N2. The molecule has 0 amide bonds. The zero-order valence-corrected chi connectivity index (χ0v) is 17.9. The standard InChI is InChI=1S/C28H28N2/c1-28(2,3)30(25-19-11-6-12-20-25)27-22-14-13-21-26(27)29(23-15-7-4-8-16-23)24-17-9-5-10-18-24/h4-22H,1-3H3. The van der Waals surface area contributed by atoms with E-state index >= 15 is 0 Å². The van der Waals surface area contributed by atoms with Crippen molar-refractivity contribution in [2.75, 3.05) is 9.80 Å². The lowest BCUT2D eigenvalue weighted by Crippen LogP contribution is -2.38. The molecule has 0 aromatic heterocycles. The molecule has 0 aliphatic carbocycles. The van der Waals surface area contributed by atoms with Crippen molar-refractivity contribution in [1.29, 1.82) is 0 Å². The van der Waals surface area contributed by atoms with Crippen molar-refractivity contribution in [2.24, 2.45) is 0 Å². The summed E-state index contributed by atoms with van der Waals surface area (Å²) in [6.07, 6.45) is 0. The van der Waals surface area contributed by atoms with E-state index in [1.165, 1.54) is 11.4 Å². The van der Waals surface area contributed by atoms with Crippen molar-refractivity contribution in [3.8, 4) is 0 Å². The van der Waals surface area contributed by atoms with Gasteiger partial charge < -0.3 is 9.80 Å². The first-order valence-corrected chi connectivity index (χ1v) is 10.4. The van der Waals surface area contributed by atoms with Gasteiger partial charge in [0.25, 0.3) is 0 Å². The minimum atomic E-state index is -0.101. The van der Waals surface area contributed by atoms with Gasteiger partial charge >= 0.3 is 0 Å². The van der Waals surface area contributed by atoms with Crippen LogP contribution in [0.2, 0.25) is 0 Å². The predicted molar refractivity (Wildman–Crippen MR) is 129 cm³/mol. The summed E-state index contributed by atoms with van der Waals surface area (Å²) in [6.45, 7) is 6.77. The molecule has 0 bridgehead atoms. The SMILES string of the molecule is CC(C)(C)N(c1ccccc1)c1ccccc1N(c1ccccc1)c1ccccc1. The van der Waals surface area contributed by atoms with E-state index in [0.29, 0.717) is 0 Å². The summed E-state index contributed by atoms with van der Waals surface area (Å²) >= 11 is 0. The fraction of sp³-hybridized carbons (Fsp3) is 0.143. The molecule has 0 heterocycles. The first-order valence-electron chi connectivity index (χ1n) is 10.4. The topological polar surface area (TPSA) is 6.48 Å². The second kappa shape index (κ2) is 8.46. The Morgan fingerprint density at radius 2 is 0.800 bits per heavy atom. The molecule has 150 valence electrons. The summed E-state index contributed by atoms with van der Waals surface area (Å²) in [5.41, 5.74) is 5.67. The smallest absolute Gasteiger partial charge is 0.0699 e. The predicted octanol–water partition coefficient (Wildman–Crippen LogP) is 8.09. The molecule has 0 N–H and O–H groups in total. The van der Waals surface area contributed by atoms with Gasteiger partial charge in [0.15, 0.2) is 0 Å². The van der Waals surface area contributed by atoms with Crippen molar-refractivity contribution in [3.05, 3.63) is 115 Å². The first kappa shape index (κ1) is 19.8. The van der Waals surface area contributed by atoms with E-state index in [2.05, 4.69) is 146 Å². The fourth-order valence-electron chi connectivity index (χ4n) is 3.89. The molecule has 4 rings (SSSR count). The van der Waals surface area contributed by atoms with E-state index in [9.17, 15) is 0 Å². The van der Waals surface area contributed by atoms with Gasteiger partial charge in [-0.3, -0.25) is 0 Å². The molecule has 30 heavy (non-hydrogen) atoms. The molecule has 0 radical (unpaired) electrons. The number of hydrogen-bond acceptors (Lipinski definition) is 2. The molecule has 0 saturated carbocycles. The second-order valence-corrected chi connectivity index (χ2v) is 8.34. The molecule has 4 aromatic rings. The van der Waals surface area contributed by atoms with Crippen LogP contribution in [-0.4, -0.2) is 5.54 Å². The molecule has 0 fully saturated rings. The van der Waals surface area contributed by atoms with Crippen LogP contribution in [-0.2, 0) is 0 Å². The third-order valence-corrected chi connectivity index (χ3v) is 5.08. The number of para-hydroxylation sites is 5. The van der Waals surface area contributed by atoms with Crippen LogP contribution >= 0.6 is 0 Å². The monoisotopic (exact) mass is 392 g/mol. The lowest BCUT2D eigenvalue weighted by Gasteiger charge is -2.40. The Bertz CT molecular complexity index is 1030. The molecule has 0 spiro atoms. The van der Waals surface area contributed by atoms with E-state index in [4.69, 9.17) is 0 Å². The molecule has 0 aliphatic rings. The van der Waals surface area contributed by atoms with Gasteiger partial charge in [-0.05, 0) is 69.3 Å². The maximum atomic E-state index is 2.42. The Kier molecular flexibility index (Phi) is 5.58. The maximum absolute atomic E-state index is 2.42. The zero-order chi connectivity index (χ0) is 21.0. The van der Waals surface area contributed by atoms with Crippen LogP contribution in [0.15, 0.2) is 115 Å². The molecule has 4 aromatic carbocycles. The number of nitrogens with zero attached hydrogens (tertiary/aromatic N) is 2. The summed E-state index contributed by atoms with van der Waals surface area (Å²) in [5, 5.41) is 0. The highest BCUT2D eigenvalue weighted by atomic mass is 15.2. The quantitative estimate of drug-likeness (QED) is 0.338. The van der Waals surface area contributed by atoms with Crippen LogP contribution in [0.5, 0.6) is 0 Å². The third kappa shape index (κ3) is 4.08. The van der Waals surface area contributed by atoms with Crippen LogP contribution < -0.4 is 9.80 Å². The van der Waals surface area contributed by atoms with Gasteiger partial charge in [-0.25, -0.2) is 0 Å². The van der Waals surface area contributed by atoms with Crippen LogP contribution in [0.1, 0.15) is 20.8 Å². The van der Waals surface area contributed by atoms with E-state index in [0.717, 1.165) is 17.1 Å². The van der Waals surface area contributed by atoms with Gasteiger partial charge in [0.1, 0.15) is 0 Å². The van der Waals surface area contributed by atoms with E-state index in [-0.39, 0.29) is 5.54 Å². The summed E-state index contributed by atoms with van der Waals surface area (Å²) < 4.78 is 0. The Morgan fingerprint density at radius 1 is 0.433 bits per heavy atom. The maximum Gasteiger partial charge on any atom is 0.0699 e. The van der Waals surface area contributed by atoms with Gasteiger partial charge in [-0.2, -0.15) is 0 Å². The molecule has 0 aliphatic heterocycles. The van der Waals surface area contributed by atoms with Gasteiger partial charge in [0.2, 0.25) is 0 Å². The van der Waals surface area contributed by atoms with E-state index in [1.54, 1.807) is 0 Å². The molecule has 0 saturated heterocycles. The summed E-state index contributed by atoms with van der Waals surface area (Å²) in [5.74, 6) is 0. The molecule has 2 nitrogen and oxygen atoms in total. The third-order valence-electron chi connectivity index (χ3n) is 5.08. The largest absolute Gasteiger partial charge is 0.334 e. The second-order valence-electron chi connectivity index (χ2n) is 8.34. The number of rotatable bonds is 5. The summed E-state index contributed by atoms with van der Waals surface area (Å²) in [7, 11) is 0. The minimum Gasteiger partial charge on any atom is -0.334 e. The van der Waals surface area contributed by atoms with E-state index < -0.39 is 0 Å². The lowest BCUT2D eigenvalue weighted by atomic mass is 10.0. The molecule has 0 atom stereocenters. The number of anilines is 5. The van der Waals surface area contributed by atoms with Crippen LogP contribution in [0.25, 0.3) is 0 Å². The highest BCUT2D eigenvalue weighted by Gasteiger charge is 2.27. The normalized spacial score (nSPS) is 11.2. The van der Waals surface area contributed by atoms with Gasteiger partial charge in [0.05, 0.1) is 11.4 Å². The Labute approximate surface area is 180 Å². The molecule has 0 unspecified atom stereocenters. The van der Waals surface area contributed by atoms with Crippen molar-refractivity contribution in [1.82, 2.24) is 0 Å². The molecular weight excluding hydrogens is 364 g/mol. The first-order chi connectivity index (χ1) is 14.6. The van der Waals surface area contributed by atoms with Crippen LogP contribution in [0.3, 0.4) is 0 Å². The van der Waals surface area contributed by atoms with Crippen molar-refractivity contribution < 1.29 is 0 Å². The minimum absolute atomic E-state index is 0.101. The van der Waals surface area contributed by atoms with Crippen LogP contribution in [0, 0.1) is 0 Å². The van der Waals surface area contributed by atoms with Crippen molar-refractivity contribution in [3.63, 3.8) is 0 Å². The highest BCUT2D eigenvalue weighted by Crippen LogP contribution is 2.44. The zero-order valence-electron chi connectivity index (χ0n) is 17.9. The number of hydrogen-bond donors (Lipinski definition) is 0. The average Bonchev–Trinajstić information content (AvgIpc) is 2.77. The Hall–Kier alpha value is -3.52.